The van der Waals surface area contributed by atoms with Crippen LogP contribution in [0.2, 0.25) is 5.28 Å². The predicted octanol–water partition coefficient (Wildman–Crippen LogP) is 2.96. The van der Waals surface area contributed by atoms with Crippen molar-refractivity contribution in [2.24, 2.45) is 0 Å². The van der Waals surface area contributed by atoms with E-state index in [2.05, 4.69) is 15.2 Å². The Balaban J connectivity index is 2.12. The molecule has 4 heteroatoms. The molecule has 0 saturated heterocycles. The summed E-state index contributed by atoms with van der Waals surface area (Å²) in [5.74, 6) is 0.547. The fourth-order valence-corrected chi connectivity index (χ4v) is 2.21. The molecule has 0 bridgehead atoms. The highest BCUT2D eigenvalue weighted by molar-refractivity contribution is 6.28. The van der Waals surface area contributed by atoms with Crippen LogP contribution in [0.5, 0.6) is 0 Å². The van der Waals surface area contributed by atoms with E-state index in [4.69, 9.17) is 11.6 Å². The van der Waals surface area contributed by atoms with Crippen molar-refractivity contribution in [2.45, 2.75) is 44.4 Å². The molecule has 0 unspecified atom stereocenters. The molecule has 76 valence electrons. The Morgan fingerprint density at radius 1 is 1.14 bits per heavy atom. The third-order valence-corrected chi connectivity index (χ3v) is 2.99. The monoisotopic (exact) mass is 211 g/mol. The summed E-state index contributed by atoms with van der Waals surface area (Å²) in [7, 11) is 0. The van der Waals surface area contributed by atoms with Crippen LogP contribution in [0.25, 0.3) is 0 Å². The zero-order valence-corrected chi connectivity index (χ0v) is 8.87. The summed E-state index contributed by atoms with van der Waals surface area (Å²) in [6.07, 6.45) is 9.48. The van der Waals surface area contributed by atoms with Gasteiger partial charge in [-0.3, -0.25) is 0 Å². The maximum Gasteiger partial charge on any atom is 0.243 e. The topological polar surface area (TPSA) is 38.7 Å². The molecule has 2 rings (SSSR count). The van der Waals surface area contributed by atoms with Crippen LogP contribution in [-0.4, -0.2) is 15.2 Å². The Morgan fingerprint density at radius 3 is 2.50 bits per heavy atom. The standard InChI is InChI=1S/C10H14ClN3/c11-10-13-9(7-12-14-10)8-5-3-1-2-4-6-8/h7-8H,1-6H2. The highest BCUT2D eigenvalue weighted by Crippen LogP contribution is 2.30. The minimum atomic E-state index is 0.270. The van der Waals surface area contributed by atoms with Crippen LogP contribution in [0.15, 0.2) is 6.20 Å². The molecular formula is C10H14ClN3. The van der Waals surface area contributed by atoms with E-state index in [1.807, 2.05) is 0 Å². The number of hydrogen-bond donors (Lipinski definition) is 0. The van der Waals surface area contributed by atoms with E-state index in [0.717, 1.165) is 5.69 Å². The number of rotatable bonds is 1. The second-order valence-electron chi connectivity index (χ2n) is 3.84. The van der Waals surface area contributed by atoms with Gasteiger partial charge in [-0.2, -0.15) is 5.10 Å². The first kappa shape index (κ1) is 9.84. The van der Waals surface area contributed by atoms with E-state index in [0.29, 0.717) is 5.92 Å². The van der Waals surface area contributed by atoms with Crippen LogP contribution in [-0.2, 0) is 0 Å². The molecule has 1 aromatic heterocycles. The summed E-state index contributed by atoms with van der Waals surface area (Å²) in [6, 6.07) is 0. The Morgan fingerprint density at radius 2 is 1.86 bits per heavy atom. The van der Waals surface area contributed by atoms with Crippen LogP contribution < -0.4 is 0 Å². The van der Waals surface area contributed by atoms with Crippen molar-refractivity contribution in [3.8, 4) is 0 Å². The zero-order chi connectivity index (χ0) is 9.80. The van der Waals surface area contributed by atoms with Crippen LogP contribution in [0.3, 0.4) is 0 Å². The van der Waals surface area contributed by atoms with Crippen molar-refractivity contribution < 1.29 is 0 Å². The Bertz CT molecular complexity index is 295. The van der Waals surface area contributed by atoms with E-state index < -0.39 is 0 Å². The quantitative estimate of drug-likeness (QED) is 0.671. The molecule has 0 aliphatic heterocycles. The summed E-state index contributed by atoms with van der Waals surface area (Å²) in [5, 5.41) is 7.78. The Labute approximate surface area is 88.9 Å². The number of nitrogens with zero attached hydrogens (tertiary/aromatic N) is 3. The van der Waals surface area contributed by atoms with E-state index in [1.165, 1.54) is 38.5 Å². The van der Waals surface area contributed by atoms with Gasteiger partial charge < -0.3 is 0 Å². The molecule has 14 heavy (non-hydrogen) atoms. The van der Waals surface area contributed by atoms with Crippen molar-refractivity contribution in [1.29, 1.82) is 0 Å². The van der Waals surface area contributed by atoms with Crippen molar-refractivity contribution >= 4 is 11.6 Å². The van der Waals surface area contributed by atoms with Gasteiger partial charge in [0, 0.05) is 5.92 Å². The molecule has 1 heterocycles. The Hall–Kier alpha value is -0.700. The average Bonchev–Trinajstić information content (AvgIpc) is 2.45. The maximum absolute atomic E-state index is 5.72. The van der Waals surface area contributed by atoms with E-state index >= 15 is 0 Å². The van der Waals surface area contributed by atoms with Gasteiger partial charge in [0.25, 0.3) is 0 Å². The molecule has 1 aliphatic rings. The highest BCUT2D eigenvalue weighted by atomic mass is 35.5. The summed E-state index contributed by atoms with van der Waals surface area (Å²) >= 11 is 5.72. The van der Waals surface area contributed by atoms with Gasteiger partial charge in [-0.05, 0) is 24.4 Å². The second-order valence-corrected chi connectivity index (χ2v) is 4.18. The summed E-state index contributed by atoms with van der Waals surface area (Å²) in [5.41, 5.74) is 1.02. The van der Waals surface area contributed by atoms with Crippen LogP contribution >= 0.6 is 11.6 Å². The highest BCUT2D eigenvalue weighted by Gasteiger charge is 2.16. The van der Waals surface area contributed by atoms with Gasteiger partial charge in [-0.25, -0.2) is 4.98 Å². The lowest BCUT2D eigenvalue weighted by molar-refractivity contribution is 0.571. The van der Waals surface area contributed by atoms with Gasteiger partial charge in [-0.1, -0.05) is 25.7 Å². The minimum Gasteiger partial charge on any atom is -0.220 e. The largest absolute Gasteiger partial charge is 0.243 e. The molecular weight excluding hydrogens is 198 g/mol. The lowest BCUT2D eigenvalue weighted by Crippen LogP contribution is -2.02. The fraction of sp³-hybridized carbons (Fsp3) is 0.700. The first-order chi connectivity index (χ1) is 6.86. The van der Waals surface area contributed by atoms with Crippen molar-refractivity contribution in [3.63, 3.8) is 0 Å². The number of halogens is 1. The van der Waals surface area contributed by atoms with E-state index in [-0.39, 0.29) is 5.28 Å². The molecule has 1 saturated carbocycles. The molecule has 0 spiro atoms. The van der Waals surface area contributed by atoms with Crippen molar-refractivity contribution in [1.82, 2.24) is 15.2 Å². The van der Waals surface area contributed by atoms with Gasteiger partial charge in [0.05, 0.1) is 11.9 Å². The predicted molar refractivity (Wildman–Crippen MR) is 55.3 cm³/mol. The number of hydrogen-bond acceptors (Lipinski definition) is 3. The van der Waals surface area contributed by atoms with Gasteiger partial charge in [0.2, 0.25) is 5.28 Å². The van der Waals surface area contributed by atoms with Crippen LogP contribution in [0.4, 0.5) is 0 Å². The summed E-state index contributed by atoms with van der Waals surface area (Å²) in [6.45, 7) is 0. The fourth-order valence-electron chi connectivity index (χ4n) is 2.07. The zero-order valence-electron chi connectivity index (χ0n) is 8.12. The van der Waals surface area contributed by atoms with Gasteiger partial charge in [0.15, 0.2) is 0 Å². The minimum absolute atomic E-state index is 0.270. The molecule has 0 radical (unpaired) electrons. The Kier molecular flexibility index (Phi) is 3.30. The lowest BCUT2D eigenvalue weighted by atomic mass is 9.97. The van der Waals surface area contributed by atoms with Gasteiger partial charge >= 0.3 is 0 Å². The normalized spacial score (nSPS) is 19.2. The van der Waals surface area contributed by atoms with E-state index in [9.17, 15) is 0 Å². The molecule has 1 aromatic rings. The van der Waals surface area contributed by atoms with E-state index in [1.54, 1.807) is 6.20 Å². The molecule has 1 aliphatic carbocycles. The number of aromatic nitrogens is 3. The average molecular weight is 212 g/mol. The second kappa shape index (κ2) is 4.69. The SMILES string of the molecule is Clc1nncc(C2CCCCCC2)n1. The third kappa shape index (κ3) is 2.41. The maximum atomic E-state index is 5.72. The lowest BCUT2D eigenvalue weighted by Gasteiger charge is -2.11. The molecule has 0 atom stereocenters. The van der Waals surface area contributed by atoms with Gasteiger partial charge in [-0.15, -0.1) is 5.10 Å². The molecule has 0 aromatic carbocycles. The third-order valence-electron chi connectivity index (χ3n) is 2.83. The summed E-state index contributed by atoms with van der Waals surface area (Å²) < 4.78 is 0. The van der Waals surface area contributed by atoms with Crippen LogP contribution in [0.1, 0.15) is 50.1 Å². The molecule has 1 fully saturated rings. The van der Waals surface area contributed by atoms with Gasteiger partial charge in [0.1, 0.15) is 0 Å². The molecule has 0 amide bonds. The smallest absolute Gasteiger partial charge is 0.220 e. The first-order valence-electron chi connectivity index (χ1n) is 5.21. The van der Waals surface area contributed by atoms with Crippen molar-refractivity contribution in [3.05, 3.63) is 17.2 Å². The summed E-state index contributed by atoms with van der Waals surface area (Å²) in [4.78, 5) is 4.23. The van der Waals surface area contributed by atoms with Crippen LogP contribution in [0, 0.1) is 0 Å². The van der Waals surface area contributed by atoms with Crippen molar-refractivity contribution in [2.75, 3.05) is 0 Å². The molecule has 0 N–H and O–H groups in total. The molecule has 3 nitrogen and oxygen atoms in total. The first-order valence-corrected chi connectivity index (χ1v) is 5.59.